The first-order valence-electron chi connectivity index (χ1n) is 11.0. The molecule has 0 aliphatic rings. The largest absolute Gasteiger partial charge is 0.493 e. The molecule has 176 valence electrons. The van der Waals surface area contributed by atoms with Gasteiger partial charge in [0.15, 0.2) is 11.5 Å². The first-order valence-corrected chi connectivity index (χ1v) is 11.8. The smallest absolute Gasteiger partial charge is 0.210 e. The fourth-order valence-electron chi connectivity index (χ4n) is 3.97. The van der Waals surface area contributed by atoms with Gasteiger partial charge in [0.1, 0.15) is 11.3 Å². The lowest BCUT2D eigenvalue weighted by atomic mass is 10.1. The molecule has 6 nitrogen and oxygen atoms in total. The Labute approximate surface area is 207 Å². The third-order valence-electron chi connectivity index (χ3n) is 5.65. The molecule has 35 heavy (non-hydrogen) atoms. The molecule has 0 amide bonds. The maximum Gasteiger partial charge on any atom is 0.210 e. The number of aryl methyl sites for hydroxylation is 1. The van der Waals surface area contributed by atoms with Gasteiger partial charge >= 0.3 is 0 Å². The van der Waals surface area contributed by atoms with E-state index in [4.69, 9.17) is 28.6 Å². The van der Waals surface area contributed by atoms with Crippen molar-refractivity contribution >= 4 is 27.4 Å². The van der Waals surface area contributed by atoms with Crippen LogP contribution in [0.4, 0.5) is 5.13 Å². The molecule has 0 aliphatic heterocycles. The Hall–Kier alpha value is -4.10. The molecule has 2 aromatic heterocycles. The highest BCUT2D eigenvalue weighted by Crippen LogP contribution is 2.41. The van der Waals surface area contributed by atoms with E-state index in [0.717, 1.165) is 32.4 Å². The summed E-state index contributed by atoms with van der Waals surface area (Å²) in [6.07, 6.45) is 0. The molecule has 7 heteroatoms. The minimum absolute atomic E-state index is 0.524. The summed E-state index contributed by atoms with van der Waals surface area (Å²) >= 11 is 1.57. The zero-order chi connectivity index (χ0) is 24.4. The van der Waals surface area contributed by atoms with Crippen molar-refractivity contribution in [2.24, 2.45) is 4.99 Å². The molecule has 0 bridgehead atoms. The normalized spacial score (nSPS) is 11.6. The molecule has 0 saturated heterocycles. The number of benzene rings is 3. The topological polar surface area (TPSA) is 66.1 Å². The van der Waals surface area contributed by atoms with E-state index in [2.05, 4.69) is 19.1 Å². The molecular formula is C28H24N2O4S. The molecule has 0 N–H and O–H groups in total. The van der Waals surface area contributed by atoms with Gasteiger partial charge in [0.2, 0.25) is 10.9 Å². The maximum atomic E-state index is 6.27. The van der Waals surface area contributed by atoms with Crippen LogP contribution in [0.1, 0.15) is 4.88 Å². The number of hydrogen-bond acceptors (Lipinski definition) is 7. The second-order valence-corrected chi connectivity index (χ2v) is 8.97. The average molecular weight is 485 g/mol. The van der Waals surface area contributed by atoms with E-state index in [-0.39, 0.29) is 0 Å². The number of hydrogen-bond donors (Lipinski definition) is 0. The third-order valence-corrected chi connectivity index (χ3v) is 6.51. The maximum absolute atomic E-state index is 6.27. The summed E-state index contributed by atoms with van der Waals surface area (Å²) < 4.78 is 22.8. The number of fused-ring (bicyclic) bond motifs is 1. The fraction of sp³-hybridized carbons (Fsp3) is 0.143. The van der Waals surface area contributed by atoms with E-state index in [0.29, 0.717) is 33.7 Å². The molecule has 3 aromatic carbocycles. The molecule has 0 aliphatic carbocycles. The molecule has 0 atom stereocenters. The van der Waals surface area contributed by atoms with Gasteiger partial charge in [-0.25, -0.2) is 9.98 Å². The standard InChI is InChI=1S/C28H24N2O4S/c1-17-26(18-10-6-5-7-11-18)30-28(35-17)29-21-16-23(34-22-13-9-8-12-20(21)22)19-14-24(31-2)27(33-4)25(15-19)32-3/h5-16H,1-4H3. The SMILES string of the molecule is COc1cc(-c2cc(=Nc3nc(-c4ccccc4)c(C)s3)c3ccccc3o2)cc(OC)c1OC. The molecule has 0 radical (unpaired) electrons. The van der Waals surface area contributed by atoms with Crippen molar-refractivity contribution in [3.8, 4) is 39.8 Å². The van der Waals surface area contributed by atoms with Crippen LogP contribution in [0, 0.1) is 6.92 Å². The molecule has 0 fully saturated rings. The Balaban J connectivity index is 1.70. The lowest BCUT2D eigenvalue weighted by molar-refractivity contribution is 0.324. The third kappa shape index (κ3) is 4.38. The number of para-hydroxylation sites is 1. The number of thiazole rings is 1. The molecular weight excluding hydrogens is 460 g/mol. The minimum Gasteiger partial charge on any atom is -0.493 e. The van der Waals surface area contributed by atoms with Gasteiger partial charge in [-0.2, -0.15) is 0 Å². The Morgan fingerprint density at radius 2 is 1.49 bits per heavy atom. The number of methoxy groups -OCH3 is 3. The van der Waals surface area contributed by atoms with Gasteiger partial charge < -0.3 is 18.6 Å². The summed E-state index contributed by atoms with van der Waals surface area (Å²) in [5.74, 6) is 2.24. The van der Waals surface area contributed by atoms with Crippen LogP contribution >= 0.6 is 11.3 Å². The van der Waals surface area contributed by atoms with Crippen LogP contribution in [0.2, 0.25) is 0 Å². The van der Waals surface area contributed by atoms with E-state index in [1.54, 1.807) is 32.7 Å². The van der Waals surface area contributed by atoms with Gasteiger partial charge in [-0.1, -0.05) is 53.8 Å². The van der Waals surface area contributed by atoms with Crippen molar-refractivity contribution in [2.45, 2.75) is 6.92 Å². The summed E-state index contributed by atoms with van der Waals surface area (Å²) in [7, 11) is 4.76. The molecule has 5 aromatic rings. The molecule has 5 rings (SSSR count). The van der Waals surface area contributed by atoms with Crippen molar-refractivity contribution in [3.05, 3.63) is 83.0 Å². The van der Waals surface area contributed by atoms with Crippen molar-refractivity contribution in [1.82, 2.24) is 4.98 Å². The van der Waals surface area contributed by atoms with E-state index in [1.165, 1.54) is 0 Å². The van der Waals surface area contributed by atoms with Gasteiger partial charge in [-0.15, -0.1) is 0 Å². The van der Waals surface area contributed by atoms with Crippen molar-refractivity contribution in [2.75, 3.05) is 21.3 Å². The zero-order valence-corrected chi connectivity index (χ0v) is 20.7. The van der Waals surface area contributed by atoms with Gasteiger partial charge in [-0.3, -0.25) is 0 Å². The molecule has 0 saturated carbocycles. The number of aromatic nitrogens is 1. The second-order valence-electron chi connectivity index (χ2n) is 7.79. The summed E-state index contributed by atoms with van der Waals surface area (Å²) in [5, 5.41) is 2.36. The summed E-state index contributed by atoms with van der Waals surface area (Å²) in [4.78, 5) is 10.9. The van der Waals surface area contributed by atoms with Gasteiger partial charge in [0, 0.05) is 27.5 Å². The van der Waals surface area contributed by atoms with Gasteiger partial charge in [0.05, 0.1) is 32.4 Å². The summed E-state index contributed by atoms with van der Waals surface area (Å²) in [6.45, 7) is 2.07. The van der Waals surface area contributed by atoms with Crippen LogP contribution in [0.3, 0.4) is 0 Å². The number of rotatable bonds is 6. The lowest BCUT2D eigenvalue weighted by Gasteiger charge is -2.14. The van der Waals surface area contributed by atoms with E-state index >= 15 is 0 Å². The van der Waals surface area contributed by atoms with Crippen LogP contribution in [-0.4, -0.2) is 26.3 Å². The predicted octanol–water partition coefficient (Wildman–Crippen LogP) is 6.79. The molecule has 0 unspecified atom stereocenters. The Kier molecular flexibility index (Phi) is 6.25. The van der Waals surface area contributed by atoms with E-state index in [1.807, 2.05) is 60.7 Å². The van der Waals surface area contributed by atoms with E-state index in [9.17, 15) is 0 Å². The highest BCUT2D eigenvalue weighted by Gasteiger charge is 2.16. The van der Waals surface area contributed by atoms with E-state index < -0.39 is 0 Å². The Morgan fingerprint density at radius 3 is 2.17 bits per heavy atom. The Morgan fingerprint density at radius 1 is 0.800 bits per heavy atom. The summed E-state index contributed by atoms with van der Waals surface area (Å²) in [6, 6.07) is 23.6. The van der Waals surface area contributed by atoms with Gasteiger partial charge in [0.25, 0.3) is 0 Å². The average Bonchev–Trinajstić information content (AvgIpc) is 3.27. The monoisotopic (exact) mass is 484 g/mol. The van der Waals surface area contributed by atoms with Crippen LogP contribution in [0.25, 0.3) is 33.6 Å². The first kappa shape index (κ1) is 22.7. The highest BCUT2D eigenvalue weighted by atomic mass is 32.1. The molecule has 0 spiro atoms. The summed E-state index contributed by atoms with van der Waals surface area (Å²) in [5.41, 5.74) is 3.52. The van der Waals surface area contributed by atoms with Crippen molar-refractivity contribution in [1.29, 1.82) is 0 Å². The van der Waals surface area contributed by atoms with Crippen LogP contribution < -0.4 is 19.6 Å². The van der Waals surface area contributed by atoms with Crippen molar-refractivity contribution in [3.63, 3.8) is 0 Å². The lowest BCUT2D eigenvalue weighted by Crippen LogP contribution is -2.03. The quantitative estimate of drug-likeness (QED) is 0.265. The Bertz CT molecular complexity index is 1550. The van der Waals surface area contributed by atoms with Crippen LogP contribution in [0.5, 0.6) is 17.2 Å². The predicted molar refractivity (Wildman–Crippen MR) is 139 cm³/mol. The number of ether oxygens (including phenoxy) is 3. The number of nitrogens with zero attached hydrogens (tertiary/aromatic N) is 2. The second kappa shape index (κ2) is 9.64. The van der Waals surface area contributed by atoms with Crippen LogP contribution in [-0.2, 0) is 0 Å². The van der Waals surface area contributed by atoms with Crippen molar-refractivity contribution < 1.29 is 18.6 Å². The highest BCUT2D eigenvalue weighted by molar-refractivity contribution is 7.15. The van der Waals surface area contributed by atoms with Crippen LogP contribution in [0.15, 0.2) is 82.2 Å². The minimum atomic E-state index is 0.524. The van der Waals surface area contributed by atoms with Gasteiger partial charge in [-0.05, 0) is 31.2 Å². The molecule has 2 heterocycles. The fourth-order valence-corrected chi connectivity index (χ4v) is 4.79. The zero-order valence-electron chi connectivity index (χ0n) is 19.9. The first-order chi connectivity index (χ1) is 17.1.